The van der Waals surface area contributed by atoms with E-state index in [1.807, 2.05) is 115 Å². The monoisotopic (exact) mass is 562 g/mol. The first-order chi connectivity index (χ1) is 19.6. The van der Waals surface area contributed by atoms with Gasteiger partial charge < -0.3 is 15.3 Å². The highest BCUT2D eigenvalue weighted by Crippen LogP contribution is 2.41. The predicted octanol–water partition coefficient (Wildman–Crippen LogP) is 6.65. The van der Waals surface area contributed by atoms with Crippen molar-refractivity contribution < 1.29 is 14.4 Å². The number of nitrogens with two attached hydrogens (primary N) is 1. The van der Waals surface area contributed by atoms with Gasteiger partial charge in [-0.25, -0.2) is 14.8 Å². The molecule has 6 rings (SSSR count). The number of oxime groups is 1. The molecule has 0 aliphatic heterocycles. The Balaban J connectivity index is 1.48. The summed E-state index contributed by atoms with van der Waals surface area (Å²) in [6, 6.07) is 36.8. The molecule has 0 fully saturated rings. The molecule has 196 valence electrons. The number of nitrogens with zero attached hydrogens (tertiary/aromatic N) is 3. The number of esters is 1. The van der Waals surface area contributed by atoms with E-state index in [2.05, 4.69) is 15.1 Å². The second-order valence-corrected chi connectivity index (χ2v) is 10.6. The number of fused-ring (bicyclic) bond motifs is 1. The molecular weight excluding hydrogens is 541 g/mol. The van der Waals surface area contributed by atoms with Crippen LogP contribution in [0.25, 0.3) is 10.2 Å². The number of hydrogen-bond acceptors (Lipinski definition) is 9. The van der Waals surface area contributed by atoms with Gasteiger partial charge >= 0.3 is 5.97 Å². The van der Waals surface area contributed by atoms with Gasteiger partial charge in [0.25, 0.3) is 5.19 Å². The molecule has 9 heteroatoms. The van der Waals surface area contributed by atoms with Crippen LogP contribution in [0.2, 0.25) is 0 Å². The van der Waals surface area contributed by atoms with Crippen LogP contribution in [0.3, 0.4) is 0 Å². The van der Waals surface area contributed by atoms with Crippen molar-refractivity contribution in [2.45, 2.75) is 5.60 Å². The van der Waals surface area contributed by atoms with E-state index in [4.69, 9.17) is 15.3 Å². The normalized spacial score (nSPS) is 11.8. The number of carbonyl (C=O) groups is 1. The number of anilines is 1. The zero-order valence-corrected chi connectivity index (χ0v) is 22.6. The maximum Gasteiger partial charge on any atom is 0.370 e. The van der Waals surface area contributed by atoms with Crippen molar-refractivity contribution in [3.63, 3.8) is 0 Å². The van der Waals surface area contributed by atoms with Crippen LogP contribution in [0.4, 0.5) is 5.13 Å². The van der Waals surface area contributed by atoms with Crippen LogP contribution < -0.4 is 10.5 Å². The summed E-state index contributed by atoms with van der Waals surface area (Å²) in [7, 11) is 0. The molecule has 0 saturated carbocycles. The van der Waals surface area contributed by atoms with Crippen LogP contribution >= 0.6 is 22.7 Å². The zero-order valence-electron chi connectivity index (χ0n) is 21.0. The molecule has 2 heterocycles. The lowest BCUT2D eigenvalue weighted by molar-refractivity contribution is -0.127. The van der Waals surface area contributed by atoms with E-state index >= 15 is 0 Å². The highest BCUT2D eigenvalue weighted by Gasteiger charge is 2.40. The number of aromatic nitrogens is 2. The number of benzene rings is 4. The summed E-state index contributed by atoms with van der Waals surface area (Å²) >= 11 is 2.46. The van der Waals surface area contributed by atoms with Crippen molar-refractivity contribution in [1.29, 1.82) is 0 Å². The molecule has 2 N–H and O–H groups in total. The fourth-order valence-electron chi connectivity index (χ4n) is 4.40. The van der Waals surface area contributed by atoms with Gasteiger partial charge in [-0.15, -0.1) is 11.3 Å². The van der Waals surface area contributed by atoms with Gasteiger partial charge in [0.15, 0.2) is 5.13 Å². The summed E-state index contributed by atoms with van der Waals surface area (Å²) in [5, 5.41) is 6.60. The van der Waals surface area contributed by atoms with Gasteiger partial charge in [0.1, 0.15) is 5.69 Å². The Morgan fingerprint density at radius 1 is 0.750 bits per heavy atom. The fraction of sp³-hybridized carbons (Fsp3) is 0.0323. The molecular formula is C31H22N4O3S2. The number of para-hydroxylation sites is 1. The standard InChI is InChI=1S/C31H22N4O3S2/c32-29-33-25(20-39-29)27(28(36)37-30-34-24-18-10-11-19-26(24)40-30)35-38-31(21-12-4-1-5-13-21,22-14-6-2-7-15-22)23-16-8-3-9-17-23/h1-20H,(H2,32,33)/b35-27-. The first-order valence-electron chi connectivity index (χ1n) is 12.4. The average Bonchev–Trinajstić information content (AvgIpc) is 3.62. The number of rotatable bonds is 8. The van der Waals surface area contributed by atoms with E-state index in [0.717, 1.165) is 26.9 Å². The highest BCUT2D eigenvalue weighted by atomic mass is 32.1. The lowest BCUT2D eigenvalue weighted by atomic mass is 9.80. The Morgan fingerprint density at radius 3 is 1.82 bits per heavy atom. The van der Waals surface area contributed by atoms with Crippen LogP contribution in [0, 0.1) is 0 Å². The Hall–Kier alpha value is -4.86. The van der Waals surface area contributed by atoms with Gasteiger partial charge in [0.2, 0.25) is 11.3 Å². The molecule has 6 aromatic rings. The maximum absolute atomic E-state index is 13.6. The van der Waals surface area contributed by atoms with E-state index in [1.165, 1.54) is 22.7 Å². The van der Waals surface area contributed by atoms with E-state index in [9.17, 15) is 4.79 Å². The van der Waals surface area contributed by atoms with Gasteiger partial charge in [0, 0.05) is 22.1 Å². The Morgan fingerprint density at radius 2 is 1.30 bits per heavy atom. The van der Waals surface area contributed by atoms with Crippen LogP contribution in [0.5, 0.6) is 5.19 Å². The Bertz CT molecular complexity index is 1660. The summed E-state index contributed by atoms with van der Waals surface area (Å²) in [6.45, 7) is 0. The molecule has 4 aromatic carbocycles. The molecule has 0 amide bonds. The summed E-state index contributed by atoms with van der Waals surface area (Å²) in [5.41, 5.74) is 8.07. The predicted molar refractivity (Wildman–Crippen MR) is 159 cm³/mol. The number of nitrogen functional groups attached to an aromatic ring is 1. The zero-order chi connectivity index (χ0) is 27.4. The molecule has 0 saturated heterocycles. The molecule has 0 radical (unpaired) electrons. The third-order valence-electron chi connectivity index (χ3n) is 6.23. The van der Waals surface area contributed by atoms with Crippen molar-refractivity contribution in [2.75, 3.05) is 5.73 Å². The minimum Gasteiger partial charge on any atom is -0.393 e. The largest absolute Gasteiger partial charge is 0.393 e. The van der Waals surface area contributed by atoms with Crippen molar-refractivity contribution in [3.8, 4) is 5.19 Å². The minimum atomic E-state index is -1.19. The second kappa shape index (κ2) is 11.1. The first kappa shape index (κ1) is 25.4. The van der Waals surface area contributed by atoms with E-state index < -0.39 is 11.6 Å². The SMILES string of the molecule is Nc1nc(/C(=N/OC(c2ccccc2)(c2ccccc2)c2ccccc2)C(=O)Oc2nc3ccccc3s2)cs1. The molecule has 2 aromatic heterocycles. The average molecular weight is 563 g/mol. The summed E-state index contributed by atoms with van der Waals surface area (Å²) in [5.74, 6) is -0.757. The molecule has 40 heavy (non-hydrogen) atoms. The smallest absolute Gasteiger partial charge is 0.370 e. The lowest BCUT2D eigenvalue weighted by Gasteiger charge is -2.33. The fourth-order valence-corrected chi connectivity index (χ4v) is 5.76. The number of carbonyl (C=O) groups excluding carboxylic acids is 1. The van der Waals surface area contributed by atoms with Gasteiger partial charge in [-0.1, -0.05) is 120 Å². The molecule has 0 unspecified atom stereocenters. The molecule has 0 atom stereocenters. The molecule has 0 aliphatic rings. The third kappa shape index (κ3) is 4.95. The summed E-state index contributed by atoms with van der Waals surface area (Å²) in [4.78, 5) is 28.8. The quantitative estimate of drug-likeness (QED) is 0.0965. The van der Waals surface area contributed by atoms with Gasteiger partial charge in [0.05, 0.1) is 10.2 Å². The van der Waals surface area contributed by atoms with Gasteiger partial charge in [-0.2, -0.15) is 0 Å². The van der Waals surface area contributed by atoms with Crippen LogP contribution in [0.1, 0.15) is 22.4 Å². The van der Waals surface area contributed by atoms with Crippen molar-refractivity contribution in [1.82, 2.24) is 9.97 Å². The number of thiazole rings is 2. The van der Waals surface area contributed by atoms with Crippen LogP contribution in [0.15, 0.2) is 126 Å². The maximum atomic E-state index is 13.6. The van der Waals surface area contributed by atoms with Gasteiger partial charge in [-0.3, -0.25) is 0 Å². The first-order valence-corrected chi connectivity index (χ1v) is 14.0. The lowest BCUT2D eigenvalue weighted by Crippen LogP contribution is -2.33. The topological polar surface area (TPSA) is 99.7 Å². The minimum absolute atomic E-state index is 0.126. The van der Waals surface area contributed by atoms with Crippen molar-refractivity contribution >= 4 is 49.7 Å². The molecule has 0 aliphatic carbocycles. The van der Waals surface area contributed by atoms with Gasteiger partial charge in [-0.05, 0) is 12.1 Å². The molecule has 7 nitrogen and oxygen atoms in total. The summed E-state index contributed by atoms with van der Waals surface area (Å²) < 4.78 is 6.59. The van der Waals surface area contributed by atoms with E-state index in [0.29, 0.717) is 0 Å². The van der Waals surface area contributed by atoms with Crippen LogP contribution in [-0.4, -0.2) is 21.6 Å². The third-order valence-corrected chi connectivity index (χ3v) is 7.82. The number of hydrogen-bond donors (Lipinski definition) is 1. The van der Waals surface area contributed by atoms with Crippen LogP contribution in [-0.2, 0) is 15.2 Å². The summed E-state index contributed by atoms with van der Waals surface area (Å²) in [6.07, 6.45) is 0. The van der Waals surface area contributed by atoms with E-state index in [-0.39, 0.29) is 21.7 Å². The van der Waals surface area contributed by atoms with Crippen molar-refractivity contribution in [3.05, 3.63) is 143 Å². The molecule has 0 spiro atoms. The van der Waals surface area contributed by atoms with E-state index in [1.54, 1.807) is 5.38 Å². The molecule has 0 bridgehead atoms. The second-order valence-electron chi connectivity index (χ2n) is 8.72. The number of ether oxygens (including phenoxy) is 1. The highest BCUT2D eigenvalue weighted by molar-refractivity contribution is 7.20. The Labute approximate surface area is 238 Å². The van der Waals surface area contributed by atoms with Crippen molar-refractivity contribution in [2.24, 2.45) is 5.16 Å². The Kier molecular flexibility index (Phi) is 7.05.